The second-order valence-corrected chi connectivity index (χ2v) is 4.30. The van der Waals surface area contributed by atoms with Gasteiger partial charge in [-0.3, -0.25) is 0 Å². The third-order valence-electron chi connectivity index (χ3n) is 2.98. The summed E-state index contributed by atoms with van der Waals surface area (Å²) >= 11 is 0. The number of amidine groups is 1. The molecule has 1 heterocycles. The maximum atomic E-state index is 8.37. The summed E-state index contributed by atoms with van der Waals surface area (Å²) < 4.78 is 0. The second kappa shape index (κ2) is 7.51. The minimum absolute atomic E-state index is 0.353. The van der Waals surface area contributed by atoms with Crippen molar-refractivity contribution in [2.75, 3.05) is 19.6 Å². The monoisotopic (exact) mass is 213 g/mol. The van der Waals surface area contributed by atoms with Crippen molar-refractivity contribution in [3.8, 4) is 0 Å². The zero-order valence-corrected chi connectivity index (χ0v) is 9.49. The summed E-state index contributed by atoms with van der Waals surface area (Å²) in [6, 6.07) is 0. The lowest BCUT2D eigenvalue weighted by molar-refractivity contribution is 0.279. The van der Waals surface area contributed by atoms with E-state index >= 15 is 0 Å². The van der Waals surface area contributed by atoms with Crippen molar-refractivity contribution >= 4 is 5.84 Å². The van der Waals surface area contributed by atoms with Crippen molar-refractivity contribution in [1.29, 1.82) is 0 Å². The molecule has 4 nitrogen and oxygen atoms in total. The molecule has 3 N–H and O–H groups in total. The summed E-state index contributed by atoms with van der Waals surface area (Å²) in [7, 11) is 0. The van der Waals surface area contributed by atoms with E-state index in [0.29, 0.717) is 12.3 Å². The Kier molecular flexibility index (Phi) is 6.16. The molecule has 0 aromatic rings. The quantitative estimate of drug-likeness (QED) is 0.240. The van der Waals surface area contributed by atoms with E-state index in [1.54, 1.807) is 0 Å². The molecule has 0 aromatic carbocycles. The topological polar surface area (TPSA) is 61.8 Å². The van der Waals surface area contributed by atoms with Crippen LogP contribution in [0.15, 0.2) is 5.16 Å². The number of likely N-dealkylation sites (tertiary alicyclic amines) is 1. The van der Waals surface area contributed by atoms with Crippen molar-refractivity contribution in [3.63, 3.8) is 0 Å². The standard InChI is InChI=1S/C11H23N3O/c12-11(13-15)7-3-6-10-14-8-4-1-2-5-9-14/h15H,1-10H2,(H2,12,13). The van der Waals surface area contributed by atoms with Crippen molar-refractivity contribution in [2.45, 2.75) is 44.9 Å². The van der Waals surface area contributed by atoms with Gasteiger partial charge in [-0.1, -0.05) is 18.0 Å². The Morgan fingerprint density at radius 3 is 2.40 bits per heavy atom. The molecule has 0 bridgehead atoms. The number of hydrogen-bond donors (Lipinski definition) is 2. The van der Waals surface area contributed by atoms with Crippen LogP contribution in [0.5, 0.6) is 0 Å². The van der Waals surface area contributed by atoms with Gasteiger partial charge in [0, 0.05) is 6.42 Å². The molecule has 88 valence electrons. The lowest BCUT2D eigenvalue weighted by atomic mass is 10.2. The second-order valence-electron chi connectivity index (χ2n) is 4.30. The van der Waals surface area contributed by atoms with Gasteiger partial charge in [-0.2, -0.15) is 0 Å². The van der Waals surface area contributed by atoms with E-state index in [1.165, 1.54) is 45.3 Å². The number of rotatable bonds is 5. The first-order chi connectivity index (χ1) is 7.33. The zero-order chi connectivity index (χ0) is 10.9. The van der Waals surface area contributed by atoms with Gasteiger partial charge in [0.2, 0.25) is 0 Å². The van der Waals surface area contributed by atoms with Gasteiger partial charge in [-0.05, 0) is 45.3 Å². The fraction of sp³-hybridized carbons (Fsp3) is 0.909. The lowest BCUT2D eigenvalue weighted by Crippen LogP contribution is -2.25. The predicted molar refractivity (Wildman–Crippen MR) is 62.2 cm³/mol. The molecule has 1 fully saturated rings. The molecule has 0 aliphatic carbocycles. The molecular weight excluding hydrogens is 190 g/mol. The maximum Gasteiger partial charge on any atom is 0.139 e. The summed E-state index contributed by atoms with van der Waals surface area (Å²) in [4.78, 5) is 2.54. The summed E-state index contributed by atoms with van der Waals surface area (Å²) in [5, 5.41) is 11.3. The number of unbranched alkanes of at least 4 members (excludes halogenated alkanes) is 1. The third kappa shape index (κ3) is 5.62. The first-order valence-electron chi connectivity index (χ1n) is 6.01. The van der Waals surface area contributed by atoms with Crippen molar-refractivity contribution < 1.29 is 5.21 Å². The highest BCUT2D eigenvalue weighted by Gasteiger charge is 2.07. The van der Waals surface area contributed by atoms with Crippen LogP contribution in [-0.2, 0) is 0 Å². The first-order valence-corrected chi connectivity index (χ1v) is 6.01. The van der Waals surface area contributed by atoms with Gasteiger partial charge in [0.15, 0.2) is 0 Å². The largest absolute Gasteiger partial charge is 0.409 e. The Morgan fingerprint density at radius 1 is 1.13 bits per heavy atom. The summed E-state index contributed by atoms with van der Waals surface area (Å²) in [5.74, 6) is 0.353. The first kappa shape index (κ1) is 12.3. The molecule has 0 saturated carbocycles. The zero-order valence-electron chi connectivity index (χ0n) is 9.49. The molecule has 1 rings (SSSR count). The average Bonchev–Trinajstić information content (AvgIpc) is 2.52. The molecule has 1 saturated heterocycles. The van der Waals surface area contributed by atoms with Crippen molar-refractivity contribution in [1.82, 2.24) is 4.90 Å². The fourth-order valence-electron chi connectivity index (χ4n) is 2.05. The Hall–Kier alpha value is -0.770. The average molecular weight is 213 g/mol. The van der Waals surface area contributed by atoms with E-state index in [9.17, 15) is 0 Å². The van der Waals surface area contributed by atoms with Gasteiger partial charge < -0.3 is 15.8 Å². The van der Waals surface area contributed by atoms with Crippen molar-refractivity contribution in [3.05, 3.63) is 0 Å². The Labute approximate surface area is 92.1 Å². The molecule has 0 aromatic heterocycles. The van der Waals surface area contributed by atoms with Gasteiger partial charge in [0.1, 0.15) is 5.84 Å². The van der Waals surface area contributed by atoms with Crippen LogP contribution < -0.4 is 5.73 Å². The van der Waals surface area contributed by atoms with Crippen LogP contribution in [0.2, 0.25) is 0 Å². The normalized spacial score (nSPS) is 20.1. The number of nitrogens with two attached hydrogens (primary N) is 1. The van der Waals surface area contributed by atoms with Gasteiger partial charge in [0.25, 0.3) is 0 Å². The van der Waals surface area contributed by atoms with E-state index in [4.69, 9.17) is 10.9 Å². The molecule has 4 heteroatoms. The van der Waals surface area contributed by atoms with Crippen LogP contribution in [-0.4, -0.2) is 35.6 Å². The van der Waals surface area contributed by atoms with E-state index in [1.807, 2.05) is 0 Å². The fourth-order valence-corrected chi connectivity index (χ4v) is 2.05. The molecule has 0 amide bonds. The summed E-state index contributed by atoms with van der Waals surface area (Å²) in [6.45, 7) is 3.67. The van der Waals surface area contributed by atoms with Crippen molar-refractivity contribution in [2.24, 2.45) is 10.9 Å². The summed E-state index contributed by atoms with van der Waals surface area (Å²) in [6.07, 6.45) is 8.36. The SMILES string of the molecule is NC(CCCCN1CCCCCC1)=NO. The van der Waals surface area contributed by atoms with Gasteiger partial charge in [-0.15, -0.1) is 0 Å². The highest BCUT2D eigenvalue weighted by atomic mass is 16.4. The smallest absolute Gasteiger partial charge is 0.139 e. The van der Waals surface area contributed by atoms with E-state index in [-0.39, 0.29) is 0 Å². The predicted octanol–water partition coefficient (Wildman–Crippen LogP) is 1.78. The lowest BCUT2D eigenvalue weighted by Gasteiger charge is -2.19. The highest BCUT2D eigenvalue weighted by molar-refractivity contribution is 5.79. The highest BCUT2D eigenvalue weighted by Crippen LogP contribution is 2.10. The molecule has 15 heavy (non-hydrogen) atoms. The van der Waals surface area contributed by atoms with Crippen LogP contribution in [0.4, 0.5) is 0 Å². The Balaban J connectivity index is 2.03. The minimum Gasteiger partial charge on any atom is -0.409 e. The molecule has 0 radical (unpaired) electrons. The molecule has 0 spiro atoms. The molecule has 1 aliphatic heterocycles. The Morgan fingerprint density at radius 2 is 1.80 bits per heavy atom. The van der Waals surface area contributed by atoms with E-state index in [2.05, 4.69) is 10.1 Å². The number of hydrogen-bond acceptors (Lipinski definition) is 3. The maximum absolute atomic E-state index is 8.37. The van der Waals surface area contributed by atoms with Crippen LogP contribution >= 0.6 is 0 Å². The van der Waals surface area contributed by atoms with Gasteiger partial charge in [0.05, 0.1) is 0 Å². The van der Waals surface area contributed by atoms with Crippen LogP contribution in [0.1, 0.15) is 44.9 Å². The molecule has 0 unspecified atom stereocenters. The summed E-state index contributed by atoms with van der Waals surface area (Å²) in [5.41, 5.74) is 5.40. The Bertz CT molecular complexity index is 186. The van der Waals surface area contributed by atoms with E-state index in [0.717, 1.165) is 12.8 Å². The van der Waals surface area contributed by atoms with E-state index < -0.39 is 0 Å². The molecule has 1 aliphatic rings. The minimum atomic E-state index is 0.353. The van der Waals surface area contributed by atoms with Gasteiger partial charge in [-0.25, -0.2) is 0 Å². The number of nitrogens with zero attached hydrogens (tertiary/aromatic N) is 2. The van der Waals surface area contributed by atoms with Crippen LogP contribution in [0.3, 0.4) is 0 Å². The molecular formula is C11H23N3O. The van der Waals surface area contributed by atoms with Crippen LogP contribution in [0, 0.1) is 0 Å². The molecule has 0 atom stereocenters. The van der Waals surface area contributed by atoms with Crippen LogP contribution in [0.25, 0.3) is 0 Å². The number of oxime groups is 1. The third-order valence-corrected chi connectivity index (χ3v) is 2.98. The van der Waals surface area contributed by atoms with Gasteiger partial charge >= 0.3 is 0 Å².